The number of likely N-dealkylation sites (N-methyl/N-ethyl adjacent to an activating group) is 1. The second-order valence-corrected chi connectivity index (χ2v) is 11.2. The summed E-state index contributed by atoms with van der Waals surface area (Å²) in [4.78, 5) is 20.8. The zero-order valence-electron chi connectivity index (χ0n) is 22.5. The summed E-state index contributed by atoms with van der Waals surface area (Å²) in [6.07, 6.45) is 6.13. The van der Waals surface area contributed by atoms with E-state index in [1.165, 1.54) is 37.8 Å². The lowest BCUT2D eigenvalue weighted by Gasteiger charge is -2.49. The number of piperazine rings is 1. The van der Waals surface area contributed by atoms with Crippen molar-refractivity contribution in [3.8, 4) is 11.3 Å². The van der Waals surface area contributed by atoms with E-state index in [0.29, 0.717) is 5.56 Å². The Bertz CT molecular complexity index is 1240. The first kappa shape index (κ1) is 25.3. The number of hydrogen-bond acceptors (Lipinski definition) is 6. The molecule has 1 aromatic heterocycles. The number of carbonyl (C=O) groups excluding carboxylic acids is 1. The molecule has 6 rings (SSSR count). The molecule has 0 radical (unpaired) electrons. The number of fused-ring (bicyclic) bond motifs is 1. The van der Waals surface area contributed by atoms with Gasteiger partial charge in [-0.1, -0.05) is 31.4 Å². The quantitative estimate of drug-likeness (QED) is 0.520. The monoisotopic (exact) mass is 516 g/mol. The van der Waals surface area contributed by atoms with Gasteiger partial charge in [0.2, 0.25) is 0 Å². The van der Waals surface area contributed by atoms with E-state index in [2.05, 4.69) is 61.5 Å². The lowest BCUT2D eigenvalue weighted by molar-refractivity contribution is 0.0138. The number of hydrogen-bond donors (Lipinski definition) is 2. The van der Waals surface area contributed by atoms with Crippen molar-refractivity contribution >= 4 is 22.5 Å². The van der Waals surface area contributed by atoms with Crippen molar-refractivity contribution < 1.29 is 9.53 Å². The highest BCUT2D eigenvalue weighted by molar-refractivity contribution is 6.01. The lowest BCUT2D eigenvalue weighted by atomic mass is 9.79. The first-order valence-corrected chi connectivity index (χ1v) is 14.2. The average molecular weight is 517 g/mol. The Labute approximate surface area is 225 Å². The number of anilines is 1. The minimum atomic E-state index is 0.000733. The van der Waals surface area contributed by atoms with Crippen molar-refractivity contribution in [1.82, 2.24) is 25.3 Å². The molecule has 202 valence electrons. The number of morpholine rings is 1. The van der Waals surface area contributed by atoms with E-state index in [0.717, 1.165) is 81.2 Å². The third-order valence-corrected chi connectivity index (χ3v) is 8.88. The summed E-state index contributed by atoms with van der Waals surface area (Å²) < 4.78 is 5.48. The van der Waals surface area contributed by atoms with Crippen LogP contribution in [0.2, 0.25) is 0 Å². The number of carbonyl (C=O) groups is 1. The number of amides is 1. The van der Waals surface area contributed by atoms with E-state index in [9.17, 15) is 4.79 Å². The van der Waals surface area contributed by atoms with Crippen molar-refractivity contribution in [2.24, 2.45) is 0 Å². The molecule has 3 fully saturated rings. The summed E-state index contributed by atoms with van der Waals surface area (Å²) in [5.74, 6) is 0.000733. The molecule has 2 N–H and O–H groups in total. The van der Waals surface area contributed by atoms with E-state index < -0.39 is 0 Å². The first-order valence-electron chi connectivity index (χ1n) is 14.2. The number of aromatic amines is 1. The summed E-state index contributed by atoms with van der Waals surface area (Å²) in [7, 11) is 2.20. The van der Waals surface area contributed by atoms with Crippen LogP contribution in [0.4, 0.5) is 5.69 Å². The van der Waals surface area contributed by atoms with Gasteiger partial charge in [-0.25, -0.2) is 0 Å². The van der Waals surface area contributed by atoms with Crippen molar-refractivity contribution in [2.75, 3.05) is 71.0 Å². The van der Waals surface area contributed by atoms with Crippen LogP contribution in [0.25, 0.3) is 22.2 Å². The molecule has 1 saturated carbocycles. The van der Waals surface area contributed by atoms with E-state index in [1.54, 1.807) is 0 Å². The fourth-order valence-electron chi connectivity index (χ4n) is 6.47. The highest BCUT2D eigenvalue weighted by Crippen LogP contribution is 2.34. The summed E-state index contributed by atoms with van der Waals surface area (Å²) in [6.45, 7) is 8.46. The van der Waals surface area contributed by atoms with E-state index in [-0.39, 0.29) is 11.4 Å². The SMILES string of the molecule is CN1CCN(C2(CNC(=O)c3ccc4[nH]nc(-c5ccc(N6CCOCC6)cc5)c4c3)CCCCC2)CC1. The summed E-state index contributed by atoms with van der Waals surface area (Å²) in [5, 5.41) is 12.1. The van der Waals surface area contributed by atoms with Gasteiger partial charge in [-0.05, 0) is 50.2 Å². The molecule has 8 nitrogen and oxygen atoms in total. The molecule has 1 aliphatic carbocycles. The highest BCUT2D eigenvalue weighted by atomic mass is 16.5. The molecular weight excluding hydrogens is 476 g/mol. The maximum atomic E-state index is 13.4. The third-order valence-electron chi connectivity index (χ3n) is 8.88. The van der Waals surface area contributed by atoms with E-state index in [1.807, 2.05) is 18.2 Å². The molecule has 2 aliphatic heterocycles. The fourth-order valence-corrected chi connectivity index (χ4v) is 6.47. The minimum Gasteiger partial charge on any atom is -0.378 e. The third kappa shape index (κ3) is 5.17. The number of benzene rings is 2. The van der Waals surface area contributed by atoms with Gasteiger partial charge in [-0.2, -0.15) is 5.10 Å². The Morgan fingerprint density at radius 1 is 0.974 bits per heavy atom. The van der Waals surface area contributed by atoms with Crippen molar-refractivity contribution in [3.63, 3.8) is 0 Å². The van der Waals surface area contributed by atoms with Gasteiger partial charge in [-0.15, -0.1) is 0 Å². The Morgan fingerprint density at radius 3 is 2.45 bits per heavy atom. The number of rotatable bonds is 6. The molecule has 0 bridgehead atoms. The topological polar surface area (TPSA) is 76.7 Å². The molecule has 2 saturated heterocycles. The fraction of sp³-hybridized carbons (Fsp3) is 0.533. The maximum Gasteiger partial charge on any atom is 0.251 e. The van der Waals surface area contributed by atoms with Crippen LogP contribution in [0, 0.1) is 0 Å². The highest BCUT2D eigenvalue weighted by Gasteiger charge is 2.39. The number of H-pyrrole nitrogens is 1. The number of nitrogens with one attached hydrogen (secondary N) is 2. The first-order chi connectivity index (χ1) is 18.6. The van der Waals surface area contributed by atoms with Crippen LogP contribution >= 0.6 is 0 Å². The minimum absolute atomic E-state index is 0.000733. The second-order valence-electron chi connectivity index (χ2n) is 11.2. The van der Waals surface area contributed by atoms with Crippen LogP contribution in [0.15, 0.2) is 42.5 Å². The van der Waals surface area contributed by atoms with Crippen molar-refractivity contribution in [3.05, 3.63) is 48.0 Å². The van der Waals surface area contributed by atoms with Gasteiger partial charge in [0.1, 0.15) is 0 Å². The van der Waals surface area contributed by atoms with Crippen LogP contribution in [0.3, 0.4) is 0 Å². The second kappa shape index (κ2) is 11.0. The van der Waals surface area contributed by atoms with Gasteiger partial charge < -0.3 is 19.9 Å². The molecular formula is C30H40N6O2. The molecule has 3 aliphatic rings. The van der Waals surface area contributed by atoms with Crippen molar-refractivity contribution in [1.29, 1.82) is 0 Å². The predicted molar refractivity (Wildman–Crippen MR) is 152 cm³/mol. The molecule has 3 heterocycles. The molecule has 2 aromatic carbocycles. The van der Waals surface area contributed by atoms with Crippen LogP contribution in [0.1, 0.15) is 42.5 Å². The standard InChI is InChI=1S/C30H40N6O2/c1-34-13-15-36(16-14-34)30(11-3-2-4-12-30)22-31-29(37)24-7-10-27-26(21-24)28(33-32-27)23-5-8-25(9-6-23)35-17-19-38-20-18-35/h5-10,21H,2-4,11-20,22H2,1H3,(H,31,37)(H,32,33). The zero-order valence-corrected chi connectivity index (χ0v) is 22.5. The molecule has 3 aromatic rings. The molecule has 0 atom stereocenters. The Hall–Kier alpha value is -2.94. The molecule has 8 heteroatoms. The Kier molecular flexibility index (Phi) is 7.37. The maximum absolute atomic E-state index is 13.4. The average Bonchev–Trinajstić information content (AvgIpc) is 3.41. The number of nitrogens with zero attached hydrogens (tertiary/aromatic N) is 4. The van der Waals surface area contributed by atoms with Crippen LogP contribution < -0.4 is 10.2 Å². The van der Waals surface area contributed by atoms with Crippen LogP contribution in [-0.2, 0) is 4.74 Å². The van der Waals surface area contributed by atoms with Gasteiger partial charge in [0, 0.05) is 73.6 Å². The van der Waals surface area contributed by atoms with Gasteiger partial charge in [-0.3, -0.25) is 14.8 Å². The number of ether oxygens (including phenoxy) is 1. The summed E-state index contributed by atoms with van der Waals surface area (Å²) in [6, 6.07) is 14.4. The van der Waals surface area contributed by atoms with E-state index >= 15 is 0 Å². The summed E-state index contributed by atoms with van der Waals surface area (Å²) >= 11 is 0. The van der Waals surface area contributed by atoms with Gasteiger partial charge in [0.15, 0.2) is 0 Å². The Morgan fingerprint density at radius 2 is 1.71 bits per heavy atom. The van der Waals surface area contributed by atoms with Gasteiger partial charge in [0.05, 0.1) is 24.4 Å². The molecule has 0 unspecified atom stereocenters. The molecule has 38 heavy (non-hydrogen) atoms. The normalized spacial score (nSPS) is 21.0. The van der Waals surface area contributed by atoms with Crippen molar-refractivity contribution in [2.45, 2.75) is 37.6 Å². The lowest BCUT2D eigenvalue weighted by Crippen LogP contribution is -2.61. The predicted octanol–water partition coefficient (Wildman–Crippen LogP) is 3.75. The van der Waals surface area contributed by atoms with E-state index in [4.69, 9.17) is 4.74 Å². The van der Waals surface area contributed by atoms with Crippen LogP contribution in [-0.4, -0.2) is 97.5 Å². The Balaban J connectivity index is 1.18. The smallest absolute Gasteiger partial charge is 0.251 e. The van der Waals surface area contributed by atoms with Gasteiger partial charge in [0.25, 0.3) is 5.91 Å². The summed E-state index contributed by atoms with van der Waals surface area (Å²) in [5.41, 5.74) is 4.84. The van der Waals surface area contributed by atoms with Gasteiger partial charge >= 0.3 is 0 Å². The molecule has 1 amide bonds. The van der Waals surface area contributed by atoms with Crippen LogP contribution in [0.5, 0.6) is 0 Å². The largest absolute Gasteiger partial charge is 0.378 e. The number of aromatic nitrogens is 2. The zero-order chi connectivity index (χ0) is 26.0. The molecule has 0 spiro atoms.